The average Bonchev–Trinajstić information content (AvgIpc) is 2.80. The summed E-state index contributed by atoms with van der Waals surface area (Å²) in [6, 6.07) is 10.7. The molecule has 3 rings (SSSR count). The highest BCUT2D eigenvalue weighted by molar-refractivity contribution is 5.53. The van der Waals surface area contributed by atoms with Gasteiger partial charge in [0.1, 0.15) is 11.5 Å². The van der Waals surface area contributed by atoms with Gasteiger partial charge in [0.25, 0.3) is 0 Å². The molecule has 0 aliphatic carbocycles. The number of pyridine rings is 1. The number of aromatic nitrogens is 2. The molecule has 0 saturated carbocycles. The number of aryl methyl sites for hydroxylation is 1. The van der Waals surface area contributed by atoms with Crippen LogP contribution in [0.25, 0.3) is 5.65 Å². The Labute approximate surface area is 127 Å². The van der Waals surface area contributed by atoms with Gasteiger partial charge < -0.3 is 4.90 Å². The summed E-state index contributed by atoms with van der Waals surface area (Å²) in [7, 11) is 3.96. The summed E-state index contributed by atoms with van der Waals surface area (Å²) in [6.07, 6.45) is 1.36. The lowest BCUT2D eigenvalue weighted by atomic mass is 10.3. The van der Waals surface area contributed by atoms with E-state index < -0.39 is 0 Å². The molecule has 3 aromatic rings. The zero-order chi connectivity index (χ0) is 15.7. The fourth-order valence-corrected chi connectivity index (χ4v) is 2.17. The lowest BCUT2D eigenvalue weighted by Crippen LogP contribution is -2.07. The number of imidazole rings is 1. The third-order valence-electron chi connectivity index (χ3n) is 3.35. The average molecular weight is 297 g/mol. The maximum absolute atomic E-state index is 13.4. The van der Waals surface area contributed by atoms with Crippen molar-refractivity contribution in [3.8, 4) is 0 Å². The summed E-state index contributed by atoms with van der Waals surface area (Å²) in [6.45, 7) is 1.83. The number of fused-ring (bicyclic) bond motifs is 1. The fourth-order valence-electron chi connectivity index (χ4n) is 2.17. The van der Waals surface area contributed by atoms with Gasteiger partial charge in [-0.05, 0) is 43.3 Å². The molecule has 0 N–H and O–H groups in total. The minimum Gasteiger partial charge on any atom is -0.378 e. The highest BCUT2D eigenvalue weighted by Gasteiger charge is 2.08. The van der Waals surface area contributed by atoms with Crippen LogP contribution in [-0.2, 0) is 0 Å². The number of hydrogen-bond acceptors (Lipinski definition) is 4. The van der Waals surface area contributed by atoms with E-state index in [9.17, 15) is 4.39 Å². The Bertz CT molecular complexity index is 834. The second-order valence-corrected chi connectivity index (χ2v) is 5.21. The largest absolute Gasteiger partial charge is 0.378 e. The number of azo groups is 1. The Morgan fingerprint density at radius 3 is 2.45 bits per heavy atom. The van der Waals surface area contributed by atoms with Gasteiger partial charge >= 0.3 is 0 Å². The maximum atomic E-state index is 13.4. The minimum atomic E-state index is -0.336. The van der Waals surface area contributed by atoms with Crippen molar-refractivity contribution < 1.29 is 4.39 Å². The van der Waals surface area contributed by atoms with Gasteiger partial charge in [0.05, 0.1) is 11.4 Å². The van der Waals surface area contributed by atoms with Crippen molar-refractivity contribution in [3.63, 3.8) is 0 Å². The first kappa shape index (κ1) is 14.2. The monoisotopic (exact) mass is 297 g/mol. The highest BCUT2D eigenvalue weighted by atomic mass is 19.1. The molecule has 0 fully saturated rings. The smallest absolute Gasteiger partial charge is 0.182 e. The van der Waals surface area contributed by atoms with Crippen LogP contribution in [0.3, 0.4) is 0 Å². The molecule has 6 heteroatoms. The van der Waals surface area contributed by atoms with Gasteiger partial charge in [-0.3, -0.25) is 4.40 Å². The predicted molar refractivity (Wildman–Crippen MR) is 84.8 cm³/mol. The SMILES string of the molecule is Cc1nc2ccc(F)cn2c1N=Nc1ccc(N(C)C)cc1. The van der Waals surface area contributed by atoms with E-state index in [-0.39, 0.29) is 5.82 Å². The van der Waals surface area contributed by atoms with E-state index in [1.165, 1.54) is 12.3 Å². The molecule has 0 atom stereocenters. The van der Waals surface area contributed by atoms with Crippen LogP contribution in [0.1, 0.15) is 5.69 Å². The van der Waals surface area contributed by atoms with E-state index in [2.05, 4.69) is 15.2 Å². The molecule has 0 aliphatic heterocycles. The van der Waals surface area contributed by atoms with Gasteiger partial charge in [-0.1, -0.05) is 0 Å². The van der Waals surface area contributed by atoms with Gasteiger partial charge in [-0.15, -0.1) is 10.2 Å². The number of rotatable bonds is 3. The lowest BCUT2D eigenvalue weighted by molar-refractivity contribution is 0.619. The summed E-state index contributed by atoms with van der Waals surface area (Å²) in [5, 5.41) is 8.44. The van der Waals surface area contributed by atoms with Crippen LogP contribution in [0.5, 0.6) is 0 Å². The van der Waals surface area contributed by atoms with Crippen molar-refractivity contribution in [2.45, 2.75) is 6.92 Å². The molecule has 112 valence electrons. The van der Waals surface area contributed by atoms with Crippen LogP contribution in [0.4, 0.5) is 21.6 Å². The van der Waals surface area contributed by atoms with Gasteiger partial charge in [0.2, 0.25) is 0 Å². The van der Waals surface area contributed by atoms with E-state index in [0.29, 0.717) is 17.2 Å². The number of nitrogens with zero attached hydrogens (tertiary/aromatic N) is 5. The summed E-state index contributed by atoms with van der Waals surface area (Å²) in [4.78, 5) is 6.35. The number of benzene rings is 1. The van der Waals surface area contributed by atoms with Crippen molar-refractivity contribution in [3.05, 3.63) is 54.1 Å². The van der Waals surface area contributed by atoms with E-state index in [4.69, 9.17) is 0 Å². The minimum absolute atomic E-state index is 0.336. The molecule has 0 spiro atoms. The molecule has 0 saturated heterocycles. The highest BCUT2D eigenvalue weighted by Crippen LogP contribution is 2.25. The van der Waals surface area contributed by atoms with Crippen LogP contribution in [0, 0.1) is 12.7 Å². The normalized spacial score (nSPS) is 11.5. The summed E-state index contributed by atoms with van der Waals surface area (Å²) in [5.41, 5.74) is 3.18. The zero-order valence-electron chi connectivity index (χ0n) is 12.7. The molecule has 2 aromatic heterocycles. The van der Waals surface area contributed by atoms with Crippen LogP contribution in [-0.4, -0.2) is 23.5 Å². The summed E-state index contributed by atoms with van der Waals surface area (Å²) in [5.74, 6) is 0.197. The van der Waals surface area contributed by atoms with Gasteiger partial charge in [-0.2, -0.15) is 0 Å². The molecular weight excluding hydrogens is 281 g/mol. The zero-order valence-corrected chi connectivity index (χ0v) is 12.7. The lowest BCUT2D eigenvalue weighted by Gasteiger charge is -2.11. The van der Waals surface area contributed by atoms with Gasteiger partial charge in [0, 0.05) is 26.0 Å². The first-order valence-corrected chi connectivity index (χ1v) is 6.88. The van der Waals surface area contributed by atoms with Crippen LogP contribution >= 0.6 is 0 Å². The molecule has 5 nitrogen and oxygen atoms in total. The number of hydrogen-bond donors (Lipinski definition) is 0. The van der Waals surface area contributed by atoms with Crippen LogP contribution < -0.4 is 4.90 Å². The maximum Gasteiger partial charge on any atom is 0.182 e. The van der Waals surface area contributed by atoms with Crippen molar-refractivity contribution in [1.29, 1.82) is 0 Å². The summed E-state index contributed by atoms with van der Waals surface area (Å²) < 4.78 is 15.0. The molecule has 0 unspecified atom stereocenters. The van der Waals surface area contributed by atoms with Gasteiger partial charge in [0.15, 0.2) is 5.82 Å². The molecule has 0 radical (unpaired) electrons. The molecular formula is C16H16FN5. The van der Waals surface area contributed by atoms with Crippen LogP contribution in [0.2, 0.25) is 0 Å². The van der Waals surface area contributed by atoms with Crippen molar-refractivity contribution in [2.75, 3.05) is 19.0 Å². The van der Waals surface area contributed by atoms with E-state index in [1.807, 2.05) is 50.2 Å². The van der Waals surface area contributed by atoms with E-state index in [1.54, 1.807) is 10.5 Å². The standard InChI is InChI=1S/C16H16FN5/c1-11-16(22-10-12(17)4-9-15(22)18-11)20-19-13-5-7-14(8-6-13)21(2)3/h4-10H,1-3H3. The Balaban J connectivity index is 1.95. The molecule has 1 aromatic carbocycles. The predicted octanol–water partition coefficient (Wildman–Crippen LogP) is 4.26. The Kier molecular flexibility index (Phi) is 3.58. The van der Waals surface area contributed by atoms with Crippen molar-refractivity contribution in [1.82, 2.24) is 9.38 Å². The first-order valence-electron chi connectivity index (χ1n) is 6.88. The molecule has 22 heavy (non-hydrogen) atoms. The second kappa shape index (κ2) is 5.55. The third kappa shape index (κ3) is 2.67. The topological polar surface area (TPSA) is 45.3 Å². The second-order valence-electron chi connectivity index (χ2n) is 5.21. The van der Waals surface area contributed by atoms with Crippen molar-refractivity contribution >= 4 is 22.8 Å². The quantitative estimate of drug-likeness (QED) is 0.678. The Morgan fingerprint density at radius 1 is 1.05 bits per heavy atom. The Hall–Kier alpha value is -2.76. The Morgan fingerprint density at radius 2 is 1.77 bits per heavy atom. The van der Waals surface area contributed by atoms with Crippen molar-refractivity contribution in [2.24, 2.45) is 10.2 Å². The van der Waals surface area contributed by atoms with Gasteiger partial charge in [-0.25, -0.2) is 9.37 Å². The van der Waals surface area contributed by atoms with Crippen LogP contribution in [0.15, 0.2) is 52.8 Å². The number of halogens is 1. The molecule has 0 amide bonds. The van der Waals surface area contributed by atoms with E-state index >= 15 is 0 Å². The number of anilines is 1. The summed E-state index contributed by atoms with van der Waals surface area (Å²) >= 11 is 0. The van der Waals surface area contributed by atoms with E-state index in [0.717, 1.165) is 11.4 Å². The third-order valence-corrected chi connectivity index (χ3v) is 3.35. The molecule has 0 bridgehead atoms. The molecule has 0 aliphatic rings. The molecule has 2 heterocycles. The fraction of sp³-hybridized carbons (Fsp3) is 0.188. The first-order chi connectivity index (χ1) is 10.5.